The molecule has 0 aliphatic carbocycles. The maximum Gasteiger partial charge on any atom is 0.243 e. The number of benzene rings is 2. The Morgan fingerprint density at radius 2 is 1.63 bits per heavy atom. The summed E-state index contributed by atoms with van der Waals surface area (Å²) in [5.74, 6) is -1.20. The molecule has 0 unspecified atom stereocenters. The van der Waals surface area contributed by atoms with Gasteiger partial charge in [0.05, 0.1) is 12.3 Å². The molecule has 0 saturated carbocycles. The summed E-state index contributed by atoms with van der Waals surface area (Å²) >= 11 is 0. The van der Waals surface area contributed by atoms with Crippen LogP contribution in [-0.4, -0.2) is 40.1 Å². The number of aliphatic imine (C=N–C) groups is 1. The van der Waals surface area contributed by atoms with Crippen molar-refractivity contribution in [2.24, 2.45) is 4.99 Å². The fraction of sp³-hybridized carbons (Fsp3) is 0.263. The number of rotatable bonds is 7. The van der Waals surface area contributed by atoms with Gasteiger partial charge in [-0.2, -0.15) is 0 Å². The molecule has 11 heteroatoms. The van der Waals surface area contributed by atoms with Gasteiger partial charge >= 0.3 is 0 Å². The van der Waals surface area contributed by atoms with Crippen LogP contribution in [0.4, 0.5) is 14.5 Å². The quantitative estimate of drug-likeness (QED) is 0.279. The third kappa shape index (κ3) is 9.03. The van der Waals surface area contributed by atoms with Crippen molar-refractivity contribution in [1.29, 1.82) is 0 Å². The van der Waals surface area contributed by atoms with Gasteiger partial charge in [-0.25, -0.2) is 17.2 Å². The lowest BCUT2D eigenvalue weighted by molar-refractivity contribution is -0.115. The molecule has 0 saturated heterocycles. The number of hydrogen-bond donors (Lipinski definition) is 3. The van der Waals surface area contributed by atoms with Crippen molar-refractivity contribution < 1.29 is 22.0 Å². The molecule has 2 aromatic carbocycles. The second-order valence-corrected chi connectivity index (χ2v) is 8.46. The minimum atomic E-state index is -3.28. The molecule has 2 rings (SSSR count). The average molecular weight is 552 g/mol. The molecule has 7 nitrogen and oxygen atoms in total. The van der Waals surface area contributed by atoms with Gasteiger partial charge in [0, 0.05) is 25.5 Å². The van der Waals surface area contributed by atoms with E-state index in [1.165, 1.54) is 49.5 Å². The van der Waals surface area contributed by atoms with E-state index in [1.54, 1.807) is 0 Å². The van der Waals surface area contributed by atoms with Crippen LogP contribution in [0.1, 0.15) is 11.1 Å². The normalized spacial score (nSPS) is 11.4. The number of anilines is 1. The van der Waals surface area contributed by atoms with Crippen LogP contribution in [0.25, 0.3) is 0 Å². The Morgan fingerprint density at radius 1 is 1.00 bits per heavy atom. The highest BCUT2D eigenvalue weighted by Crippen LogP contribution is 2.14. The van der Waals surface area contributed by atoms with E-state index in [1.807, 2.05) is 0 Å². The Kier molecular flexibility index (Phi) is 10.1. The molecule has 0 aliphatic rings. The zero-order valence-corrected chi connectivity index (χ0v) is 19.6. The van der Waals surface area contributed by atoms with E-state index in [2.05, 4.69) is 20.9 Å². The molecule has 30 heavy (non-hydrogen) atoms. The Balaban J connectivity index is 0.00000450. The number of guanidine groups is 1. The second kappa shape index (κ2) is 11.8. The fourth-order valence-corrected chi connectivity index (χ4v) is 3.33. The number of nitrogens with zero attached hydrogens (tertiary/aromatic N) is 1. The van der Waals surface area contributed by atoms with Gasteiger partial charge in [-0.05, 0) is 47.5 Å². The van der Waals surface area contributed by atoms with Crippen LogP contribution in [0.5, 0.6) is 0 Å². The van der Waals surface area contributed by atoms with Crippen molar-refractivity contribution in [2.45, 2.75) is 12.3 Å². The molecule has 0 bridgehead atoms. The zero-order chi connectivity index (χ0) is 21.4. The van der Waals surface area contributed by atoms with Gasteiger partial charge in [0.15, 0.2) is 15.8 Å². The SMILES string of the molecule is CN=C(NCC(=O)Nc1ccc(F)cc1)NCc1cc(F)ccc1CS(C)(=O)=O.I. The van der Waals surface area contributed by atoms with Crippen molar-refractivity contribution in [2.75, 3.05) is 25.2 Å². The second-order valence-electron chi connectivity index (χ2n) is 6.32. The van der Waals surface area contributed by atoms with E-state index in [-0.39, 0.29) is 54.7 Å². The number of sulfone groups is 1. The Hall–Kier alpha value is -2.28. The van der Waals surface area contributed by atoms with Gasteiger partial charge in [0.2, 0.25) is 5.91 Å². The molecule has 0 heterocycles. The van der Waals surface area contributed by atoms with E-state index in [4.69, 9.17) is 0 Å². The largest absolute Gasteiger partial charge is 0.352 e. The molecular weight excluding hydrogens is 529 g/mol. The molecule has 0 aromatic heterocycles. The monoisotopic (exact) mass is 552 g/mol. The number of hydrogen-bond acceptors (Lipinski definition) is 4. The Labute approximate surface area is 191 Å². The lowest BCUT2D eigenvalue weighted by atomic mass is 10.1. The summed E-state index contributed by atoms with van der Waals surface area (Å²) in [4.78, 5) is 16.0. The maximum atomic E-state index is 13.6. The summed E-state index contributed by atoms with van der Waals surface area (Å²) in [5, 5.41) is 8.31. The summed E-state index contributed by atoms with van der Waals surface area (Å²) in [6.07, 6.45) is 1.10. The minimum Gasteiger partial charge on any atom is -0.352 e. The smallest absolute Gasteiger partial charge is 0.243 e. The van der Waals surface area contributed by atoms with Gasteiger partial charge in [0.1, 0.15) is 11.6 Å². The first-order valence-electron chi connectivity index (χ1n) is 8.61. The van der Waals surface area contributed by atoms with E-state index in [0.29, 0.717) is 16.8 Å². The fourth-order valence-electron chi connectivity index (χ4n) is 2.48. The van der Waals surface area contributed by atoms with Gasteiger partial charge in [-0.1, -0.05) is 6.07 Å². The number of amides is 1. The first kappa shape index (κ1) is 25.8. The first-order valence-corrected chi connectivity index (χ1v) is 10.7. The van der Waals surface area contributed by atoms with Crippen LogP contribution < -0.4 is 16.0 Å². The summed E-state index contributed by atoms with van der Waals surface area (Å²) in [6, 6.07) is 9.23. The highest BCUT2D eigenvalue weighted by molar-refractivity contribution is 14.0. The maximum absolute atomic E-state index is 13.6. The lowest BCUT2D eigenvalue weighted by Crippen LogP contribution is -2.41. The van der Waals surface area contributed by atoms with Crippen LogP contribution in [0.2, 0.25) is 0 Å². The summed E-state index contributed by atoms with van der Waals surface area (Å²) < 4.78 is 49.6. The standard InChI is InChI=1S/C19H22F2N4O3S.HI/c1-22-19(24-11-18(26)25-17-7-5-15(20)6-8-17)23-10-14-9-16(21)4-3-13(14)12-29(2,27)28;/h3-9H,10-12H2,1-2H3,(H,25,26)(H2,22,23,24);1H. The van der Waals surface area contributed by atoms with Crippen molar-refractivity contribution in [3.8, 4) is 0 Å². The summed E-state index contributed by atoms with van der Waals surface area (Å²) in [6.45, 7) is -0.00172. The van der Waals surface area contributed by atoms with Crippen molar-refractivity contribution in [3.63, 3.8) is 0 Å². The Bertz CT molecular complexity index is 999. The predicted molar refractivity (Wildman–Crippen MR) is 124 cm³/mol. The molecule has 164 valence electrons. The molecule has 0 fully saturated rings. The molecule has 0 atom stereocenters. The topological polar surface area (TPSA) is 99.7 Å². The van der Waals surface area contributed by atoms with E-state index < -0.39 is 21.5 Å². The van der Waals surface area contributed by atoms with E-state index >= 15 is 0 Å². The van der Waals surface area contributed by atoms with Crippen LogP contribution in [0.3, 0.4) is 0 Å². The lowest BCUT2D eigenvalue weighted by Gasteiger charge is -2.14. The third-order valence-electron chi connectivity index (χ3n) is 3.80. The van der Waals surface area contributed by atoms with Gasteiger partial charge in [0.25, 0.3) is 0 Å². The molecule has 0 radical (unpaired) electrons. The first-order chi connectivity index (χ1) is 13.7. The van der Waals surface area contributed by atoms with Crippen LogP contribution in [0.15, 0.2) is 47.5 Å². The van der Waals surface area contributed by atoms with E-state index in [0.717, 1.165) is 6.26 Å². The highest BCUT2D eigenvalue weighted by atomic mass is 127. The van der Waals surface area contributed by atoms with E-state index in [9.17, 15) is 22.0 Å². The molecule has 0 spiro atoms. The number of carbonyl (C=O) groups is 1. The van der Waals surface area contributed by atoms with Crippen LogP contribution in [-0.2, 0) is 26.9 Å². The summed E-state index contributed by atoms with van der Waals surface area (Å²) in [5.41, 5.74) is 1.39. The highest BCUT2D eigenvalue weighted by Gasteiger charge is 2.11. The predicted octanol–water partition coefficient (Wildman–Crippen LogP) is 2.43. The average Bonchev–Trinajstić information content (AvgIpc) is 2.64. The zero-order valence-electron chi connectivity index (χ0n) is 16.4. The van der Waals surface area contributed by atoms with Crippen molar-refractivity contribution in [1.82, 2.24) is 10.6 Å². The molecule has 1 amide bonds. The Morgan fingerprint density at radius 3 is 2.23 bits per heavy atom. The number of carbonyl (C=O) groups excluding carboxylic acids is 1. The molecule has 3 N–H and O–H groups in total. The third-order valence-corrected chi connectivity index (χ3v) is 4.64. The van der Waals surface area contributed by atoms with Gasteiger partial charge in [-0.15, -0.1) is 24.0 Å². The molecule has 0 aliphatic heterocycles. The van der Waals surface area contributed by atoms with Crippen molar-refractivity contribution in [3.05, 3.63) is 65.2 Å². The minimum absolute atomic E-state index is 0. The van der Waals surface area contributed by atoms with Crippen LogP contribution >= 0.6 is 24.0 Å². The van der Waals surface area contributed by atoms with Crippen LogP contribution in [0, 0.1) is 11.6 Å². The van der Waals surface area contributed by atoms with Gasteiger partial charge < -0.3 is 16.0 Å². The van der Waals surface area contributed by atoms with Gasteiger partial charge in [-0.3, -0.25) is 9.79 Å². The van der Waals surface area contributed by atoms with Crippen molar-refractivity contribution >= 4 is 51.4 Å². The molecular formula is C19H23F2IN4O3S. The number of nitrogens with one attached hydrogen (secondary N) is 3. The number of halogens is 3. The summed E-state index contributed by atoms with van der Waals surface area (Å²) in [7, 11) is -1.79. The molecule has 2 aromatic rings.